The van der Waals surface area contributed by atoms with Crippen molar-refractivity contribution in [2.75, 3.05) is 20.2 Å². The Morgan fingerprint density at radius 2 is 1.94 bits per heavy atom. The third-order valence-electron chi connectivity index (χ3n) is 4.55. The lowest BCUT2D eigenvalue weighted by atomic mass is 9.88. The SMILES string of the molecule is CC1CC(NC2CC(C)N(C)CC2C)CCO1. The molecule has 0 aromatic rings. The highest BCUT2D eigenvalue weighted by Crippen LogP contribution is 2.23. The van der Waals surface area contributed by atoms with Crippen molar-refractivity contribution in [1.29, 1.82) is 0 Å². The lowest BCUT2D eigenvalue weighted by molar-refractivity contribution is 0.00559. The maximum Gasteiger partial charge on any atom is 0.0561 e. The van der Waals surface area contributed by atoms with Crippen LogP contribution >= 0.6 is 0 Å². The molecule has 2 heterocycles. The molecule has 5 unspecified atom stereocenters. The second kappa shape index (κ2) is 5.68. The van der Waals surface area contributed by atoms with Crippen molar-refractivity contribution in [1.82, 2.24) is 10.2 Å². The molecule has 5 atom stereocenters. The summed E-state index contributed by atoms with van der Waals surface area (Å²) in [7, 11) is 2.24. The number of rotatable bonds is 2. The number of ether oxygens (including phenoxy) is 1. The quantitative estimate of drug-likeness (QED) is 0.797. The number of likely N-dealkylation sites (tertiary alicyclic amines) is 1. The first-order valence-electron chi connectivity index (χ1n) is 7.14. The normalized spacial score (nSPS) is 44.8. The Hall–Kier alpha value is -0.120. The van der Waals surface area contributed by atoms with Crippen LogP contribution in [0.5, 0.6) is 0 Å². The molecule has 0 aromatic heterocycles. The molecule has 2 rings (SSSR count). The molecule has 3 heteroatoms. The fourth-order valence-electron chi connectivity index (χ4n) is 3.23. The molecule has 0 bridgehead atoms. The fraction of sp³-hybridized carbons (Fsp3) is 1.00. The Morgan fingerprint density at radius 3 is 2.65 bits per heavy atom. The molecule has 2 aliphatic rings. The van der Waals surface area contributed by atoms with Gasteiger partial charge in [-0.1, -0.05) is 6.92 Å². The largest absolute Gasteiger partial charge is 0.378 e. The highest BCUT2D eigenvalue weighted by atomic mass is 16.5. The van der Waals surface area contributed by atoms with Crippen molar-refractivity contribution in [2.24, 2.45) is 5.92 Å². The summed E-state index contributed by atoms with van der Waals surface area (Å²) in [6.45, 7) is 9.05. The molecule has 0 radical (unpaired) electrons. The van der Waals surface area contributed by atoms with E-state index in [1.54, 1.807) is 0 Å². The van der Waals surface area contributed by atoms with Gasteiger partial charge in [-0.25, -0.2) is 0 Å². The maximum absolute atomic E-state index is 5.61. The molecule has 2 saturated heterocycles. The standard InChI is InChI=1S/C14H28N2O/c1-10-9-16(4)11(2)7-14(10)15-13-5-6-17-12(3)8-13/h10-15H,5-9H2,1-4H3. The fourth-order valence-corrected chi connectivity index (χ4v) is 3.23. The summed E-state index contributed by atoms with van der Waals surface area (Å²) in [4.78, 5) is 2.48. The van der Waals surface area contributed by atoms with E-state index in [1.165, 1.54) is 25.8 Å². The van der Waals surface area contributed by atoms with Crippen molar-refractivity contribution in [3.05, 3.63) is 0 Å². The third-order valence-corrected chi connectivity index (χ3v) is 4.55. The van der Waals surface area contributed by atoms with Gasteiger partial charge in [-0.05, 0) is 46.1 Å². The van der Waals surface area contributed by atoms with Crippen molar-refractivity contribution < 1.29 is 4.74 Å². The van der Waals surface area contributed by atoms with Gasteiger partial charge < -0.3 is 15.0 Å². The Morgan fingerprint density at radius 1 is 1.18 bits per heavy atom. The maximum atomic E-state index is 5.61. The Kier molecular flexibility index (Phi) is 4.45. The van der Waals surface area contributed by atoms with Crippen LogP contribution in [-0.2, 0) is 4.74 Å². The van der Waals surface area contributed by atoms with Crippen molar-refractivity contribution >= 4 is 0 Å². The summed E-state index contributed by atoms with van der Waals surface area (Å²) in [6.07, 6.45) is 4.06. The molecular weight excluding hydrogens is 212 g/mol. The summed E-state index contributed by atoms with van der Waals surface area (Å²) >= 11 is 0. The van der Waals surface area contributed by atoms with Gasteiger partial charge in [0.05, 0.1) is 6.10 Å². The van der Waals surface area contributed by atoms with Crippen molar-refractivity contribution in [3.63, 3.8) is 0 Å². The van der Waals surface area contributed by atoms with Crippen molar-refractivity contribution in [3.8, 4) is 0 Å². The van der Waals surface area contributed by atoms with E-state index in [2.05, 4.69) is 38.0 Å². The molecule has 2 aliphatic heterocycles. The Bertz CT molecular complexity index is 246. The van der Waals surface area contributed by atoms with E-state index < -0.39 is 0 Å². The van der Waals surface area contributed by atoms with E-state index in [9.17, 15) is 0 Å². The van der Waals surface area contributed by atoms with Crippen LogP contribution < -0.4 is 5.32 Å². The predicted octanol–water partition coefficient (Wildman–Crippen LogP) is 1.87. The molecule has 17 heavy (non-hydrogen) atoms. The minimum atomic E-state index is 0.431. The van der Waals surface area contributed by atoms with Gasteiger partial charge in [0.25, 0.3) is 0 Å². The van der Waals surface area contributed by atoms with E-state index in [1.807, 2.05) is 0 Å². The number of nitrogens with one attached hydrogen (secondary N) is 1. The molecule has 3 nitrogen and oxygen atoms in total. The van der Waals surface area contributed by atoms with Gasteiger partial charge in [0.1, 0.15) is 0 Å². The van der Waals surface area contributed by atoms with Crippen LogP contribution in [0.4, 0.5) is 0 Å². The summed E-state index contributed by atoms with van der Waals surface area (Å²) in [5, 5.41) is 3.88. The highest BCUT2D eigenvalue weighted by molar-refractivity contribution is 4.89. The first-order chi connectivity index (χ1) is 8.06. The number of nitrogens with zero attached hydrogens (tertiary/aromatic N) is 1. The zero-order valence-corrected chi connectivity index (χ0v) is 11.8. The summed E-state index contributed by atoms with van der Waals surface area (Å²) in [5.74, 6) is 0.759. The summed E-state index contributed by atoms with van der Waals surface area (Å²) < 4.78 is 5.61. The van der Waals surface area contributed by atoms with Gasteiger partial charge in [-0.2, -0.15) is 0 Å². The second-order valence-corrected chi connectivity index (χ2v) is 6.18. The molecule has 0 aromatic carbocycles. The van der Waals surface area contributed by atoms with Gasteiger partial charge in [0, 0.05) is 31.3 Å². The first kappa shape index (κ1) is 13.3. The van der Waals surface area contributed by atoms with Crippen LogP contribution in [0, 0.1) is 5.92 Å². The van der Waals surface area contributed by atoms with E-state index in [0.717, 1.165) is 12.5 Å². The number of hydrogen-bond donors (Lipinski definition) is 1. The Labute approximate surface area is 106 Å². The number of piperidine rings is 1. The summed E-state index contributed by atoms with van der Waals surface area (Å²) in [5.41, 5.74) is 0. The highest BCUT2D eigenvalue weighted by Gasteiger charge is 2.31. The van der Waals surface area contributed by atoms with Crippen LogP contribution in [0.2, 0.25) is 0 Å². The minimum absolute atomic E-state index is 0.431. The molecule has 0 aliphatic carbocycles. The minimum Gasteiger partial charge on any atom is -0.378 e. The average molecular weight is 240 g/mol. The average Bonchev–Trinajstić information content (AvgIpc) is 2.26. The monoisotopic (exact) mass is 240 g/mol. The van der Waals surface area contributed by atoms with Crippen LogP contribution in [0.25, 0.3) is 0 Å². The van der Waals surface area contributed by atoms with E-state index >= 15 is 0 Å². The van der Waals surface area contributed by atoms with Crippen LogP contribution in [-0.4, -0.2) is 49.3 Å². The van der Waals surface area contributed by atoms with E-state index in [4.69, 9.17) is 4.74 Å². The van der Waals surface area contributed by atoms with E-state index in [-0.39, 0.29) is 0 Å². The van der Waals surface area contributed by atoms with Gasteiger partial charge in [0.2, 0.25) is 0 Å². The molecular formula is C14H28N2O. The van der Waals surface area contributed by atoms with Gasteiger partial charge >= 0.3 is 0 Å². The lowest BCUT2D eigenvalue weighted by Crippen LogP contribution is -2.54. The molecule has 1 N–H and O–H groups in total. The lowest BCUT2D eigenvalue weighted by Gasteiger charge is -2.42. The van der Waals surface area contributed by atoms with Gasteiger partial charge in [0.15, 0.2) is 0 Å². The first-order valence-corrected chi connectivity index (χ1v) is 7.14. The van der Waals surface area contributed by atoms with Gasteiger partial charge in [-0.15, -0.1) is 0 Å². The molecule has 0 spiro atoms. The third kappa shape index (κ3) is 3.43. The molecule has 0 amide bonds. The zero-order valence-electron chi connectivity index (χ0n) is 11.8. The van der Waals surface area contributed by atoms with Crippen LogP contribution in [0.15, 0.2) is 0 Å². The molecule has 0 saturated carbocycles. The predicted molar refractivity (Wildman–Crippen MR) is 71.2 cm³/mol. The molecule has 2 fully saturated rings. The number of hydrogen-bond acceptors (Lipinski definition) is 3. The molecule has 100 valence electrons. The Balaban J connectivity index is 1.85. The van der Waals surface area contributed by atoms with Crippen molar-refractivity contribution in [2.45, 2.75) is 64.3 Å². The second-order valence-electron chi connectivity index (χ2n) is 6.18. The van der Waals surface area contributed by atoms with Crippen LogP contribution in [0.3, 0.4) is 0 Å². The van der Waals surface area contributed by atoms with E-state index in [0.29, 0.717) is 24.2 Å². The van der Waals surface area contributed by atoms with Crippen LogP contribution in [0.1, 0.15) is 40.0 Å². The summed E-state index contributed by atoms with van der Waals surface area (Å²) in [6, 6.07) is 2.07. The smallest absolute Gasteiger partial charge is 0.0561 e. The van der Waals surface area contributed by atoms with Gasteiger partial charge in [-0.3, -0.25) is 0 Å². The zero-order chi connectivity index (χ0) is 12.4. The topological polar surface area (TPSA) is 24.5 Å².